The van der Waals surface area contributed by atoms with Crippen molar-refractivity contribution >= 4 is 5.78 Å². The van der Waals surface area contributed by atoms with Gasteiger partial charge in [-0.3, -0.25) is 4.79 Å². The summed E-state index contributed by atoms with van der Waals surface area (Å²) in [5.41, 5.74) is 0.855. The Bertz CT molecular complexity index is 438. The van der Waals surface area contributed by atoms with Gasteiger partial charge in [0.15, 0.2) is 5.78 Å². The minimum atomic E-state index is -0.301. The van der Waals surface area contributed by atoms with E-state index in [4.69, 9.17) is 0 Å². The van der Waals surface area contributed by atoms with E-state index in [2.05, 4.69) is 15.3 Å². The number of hydrogen-bond acceptors (Lipinski definition) is 3. The van der Waals surface area contributed by atoms with Crippen molar-refractivity contribution in [2.24, 2.45) is 0 Å². The highest BCUT2D eigenvalue weighted by Crippen LogP contribution is 2.18. The molecule has 2 heterocycles. The first kappa shape index (κ1) is 11.1. The van der Waals surface area contributed by atoms with Crippen molar-refractivity contribution in [3.63, 3.8) is 0 Å². The number of aromatic nitrogens is 2. The van der Waals surface area contributed by atoms with Crippen molar-refractivity contribution in [1.29, 1.82) is 0 Å². The van der Waals surface area contributed by atoms with Gasteiger partial charge in [0.1, 0.15) is 5.69 Å². The standard InChI is InChI=1S/C11H17N3O2/c1-6(2)8-9(14-11(16)13-8)10(15)7-4-3-5-12-7/h6-7,12H,3-5H2,1-2H3,(H2,13,14,16). The SMILES string of the molecule is CC(C)c1[nH]c(=O)[nH]c1C(=O)C1CCCN1. The number of carbonyl (C=O) groups is 1. The molecule has 1 atom stereocenters. The molecule has 0 bridgehead atoms. The van der Waals surface area contributed by atoms with Crippen LogP contribution in [0.2, 0.25) is 0 Å². The lowest BCUT2D eigenvalue weighted by atomic mass is 10.0. The lowest BCUT2D eigenvalue weighted by Crippen LogP contribution is -2.31. The summed E-state index contributed by atoms with van der Waals surface area (Å²) in [5, 5.41) is 3.14. The quantitative estimate of drug-likeness (QED) is 0.662. The Morgan fingerprint density at radius 1 is 1.38 bits per heavy atom. The van der Waals surface area contributed by atoms with Crippen molar-refractivity contribution < 1.29 is 4.79 Å². The van der Waals surface area contributed by atoms with Crippen LogP contribution in [0.15, 0.2) is 4.79 Å². The van der Waals surface area contributed by atoms with Crippen LogP contribution in [0, 0.1) is 0 Å². The van der Waals surface area contributed by atoms with E-state index in [-0.39, 0.29) is 23.4 Å². The second-order valence-corrected chi connectivity index (χ2v) is 4.54. The van der Waals surface area contributed by atoms with E-state index in [0.29, 0.717) is 11.4 Å². The monoisotopic (exact) mass is 223 g/mol. The zero-order valence-electron chi connectivity index (χ0n) is 9.59. The summed E-state index contributed by atoms with van der Waals surface area (Å²) in [4.78, 5) is 28.7. The fourth-order valence-electron chi connectivity index (χ4n) is 2.11. The van der Waals surface area contributed by atoms with Crippen molar-refractivity contribution in [3.8, 4) is 0 Å². The average Bonchev–Trinajstić information content (AvgIpc) is 2.84. The zero-order valence-corrected chi connectivity index (χ0v) is 9.59. The summed E-state index contributed by atoms with van der Waals surface area (Å²) < 4.78 is 0. The maximum Gasteiger partial charge on any atom is 0.323 e. The molecule has 1 saturated heterocycles. The van der Waals surface area contributed by atoms with Gasteiger partial charge < -0.3 is 15.3 Å². The summed E-state index contributed by atoms with van der Waals surface area (Å²) in [6, 6.07) is -0.135. The number of imidazole rings is 1. The van der Waals surface area contributed by atoms with Crippen LogP contribution in [0.5, 0.6) is 0 Å². The van der Waals surface area contributed by atoms with Crippen LogP contribution in [0.25, 0.3) is 0 Å². The molecular weight excluding hydrogens is 206 g/mol. The van der Waals surface area contributed by atoms with Crippen LogP contribution in [-0.4, -0.2) is 28.3 Å². The number of ketones is 1. The van der Waals surface area contributed by atoms with Gasteiger partial charge in [0.25, 0.3) is 0 Å². The van der Waals surface area contributed by atoms with Gasteiger partial charge in [-0.2, -0.15) is 0 Å². The molecule has 1 aromatic rings. The number of carbonyl (C=O) groups excluding carboxylic acids is 1. The van der Waals surface area contributed by atoms with Gasteiger partial charge >= 0.3 is 5.69 Å². The molecule has 5 heteroatoms. The molecule has 5 nitrogen and oxygen atoms in total. The fraction of sp³-hybridized carbons (Fsp3) is 0.636. The van der Waals surface area contributed by atoms with Gasteiger partial charge in [-0.25, -0.2) is 4.79 Å². The van der Waals surface area contributed by atoms with Gasteiger partial charge in [-0.15, -0.1) is 0 Å². The molecule has 2 rings (SSSR count). The third-order valence-corrected chi connectivity index (χ3v) is 2.96. The van der Waals surface area contributed by atoms with Crippen molar-refractivity contribution in [1.82, 2.24) is 15.3 Å². The van der Waals surface area contributed by atoms with Crippen LogP contribution >= 0.6 is 0 Å². The molecule has 0 radical (unpaired) electrons. The smallest absolute Gasteiger partial charge is 0.309 e. The van der Waals surface area contributed by atoms with Crippen LogP contribution in [0.3, 0.4) is 0 Å². The minimum Gasteiger partial charge on any atom is -0.309 e. The van der Waals surface area contributed by atoms with Gasteiger partial charge in [0, 0.05) is 5.69 Å². The molecular formula is C11H17N3O2. The Morgan fingerprint density at radius 2 is 2.12 bits per heavy atom. The van der Waals surface area contributed by atoms with E-state index in [9.17, 15) is 9.59 Å². The Kier molecular flexibility index (Phi) is 2.96. The predicted molar refractivity (Wildman–Crippen MR) is 60.9 cm³/mol. The van der Waals surface area contributed by atoms with E-state index in [1.54, 1.807) is 0 Å². The van der Waals surface area contributed by atoms with Crippen molar-refractivity contribution in [2.75, 3.05) is 6.54 Å². The van der Waals surface area contributed by atoms with Gasteiger partial charge in [0.2, 0.25) is 0 Å². The molecule has 88 valence electrons. The first-order valence-corrected chi connectivity index (χ1v) is 5.69. The molecule has 0 aliphatic carbocycles. The van der Waals surface area contributed by atoms with Crippen LogP contribution in [0.1, 0.15) is 48.8 Å². The highest BCUT2D eigenvalue weighted by molar-refractivity contribution is 5.99. The molecule has 0 spiro atoms. The van der Waals surface area contributed by atoms with Crippen molar-refractivity contribution in [3.05, 3.63) is 21.9 Å². The molecule has 1 unspecified atom stereocenters. The van der Waals surface area contributed by atoms with E-state index in [1.807, 2.05) is 13.8 Å². The highest BCUT2D eigenvalue weighted by atomic mass is 16.1. The molecule has 1 fully saturated rings. The molecule has 0 saturated carbocycles. The lowest BCUT2D eigenvalue weighted by Gasteiger charge is -2.10. The van der Waals surface area contributed by atoms with Gasteiger partial charge in [-0.05, 0) is 25.3 Å². The number of H-pyrrole nitrogens is 2. The summed E-state index contributed by atoms with van der Waals surface area (Å²) in [7, 11) is 0. The maximum absolute atomic E-state index is 12.1. The molecule has 3 N–H and O–H groups in total. The Labute approximate surface area is 93.6 Å². The topological polar surface area (TPSA) is 77.8 Å². The number of rotatable bonds is 3. The first-order valence-electron chi connectivity index (χ1n) is 5.69. The second kappa shape index (κ2) is 4.25. The molecule has 1 aliphatic heterocycles. The van der Waals surface area contributed by atoms with E-state index < -0.39 is 0 Å². The molecule has 0 aromatic carbocycles. The van der Waals surface area contributed by atoms with E-state index in [1.165, 1.54) is 0 Å². The Balaban J connectivity index is 2.31. The normalized spacial score (nSPS) is 20.6. The summed E-state index contributed by atoms with van der Waals surface area (Å²) >= 11 is 0. The number of nitrogens with one attached hydrogen (secondary N) is 3. The number of hydrogen-bond donors (Lipinski definition) is 3. The second-order valence-electron chi connectivity index (χ2n) is 4.54. The molecule has 16 heavy (non-hydrogen) atoms. The van der Waals surface area contributed by atoms with Crippen LogP contribution in [0.4, 0.5) is 0 Å². The highest BCUT2D eigenvalue weighted by Gasteiger charge is 2.27. The van der Waals surface area contributed by atoms with Crippen molar-refractivity contribution in [2.45, 2.75) is 38.6 Å². The summed E-state index contributed by atoms with van der Waals surface area (Å²) in [5.74, 6) is 0.138. The Hall–Kier alpha value is -1.36. The van der Waals surface area contributed by atoms with Crippen LogP contribution in [-0.2, 0) is 0 Å². The van der Waals surface area contributed by atoms with Gasteiger partial charge in [0.05, 0.1) is 6.04 Å². The Morgan fingerprint density at radius 3 is 2.69 bits per heavy atom. The summed E-state index contributed by atoms with van der Waals surface area (Å²) in [6.07, 6.45) is 1.87. The maximum atomic E-state index is 12.1. The third kappa shape index (κ3) is 1.95. The van der Waals surface area contributed by atoms with E-state index >= 15 is 0 Å². The van der Waals surface area contributed by atoms with E-state index in [0.717, 1.165) is 19.4 Å². The largest absolute Gasteiger partial charge is 0.323 e. The minimum absolute atomic E-state index is 0.000417. The molecule has 1 aliphatic rings. The van der Waals surface area contributed by atoms with Crippen LogP contribution < -0.4 is 11.0 Å². The summed E-state index contributed by atoms with van der Waals surface area (Å²) in [6.45, 7) is 4.79. The lowest BCUT2D eigenvalue weighted by molar-refractivity contribution is 0.0946. The predicted octanol–water partition coefficient (Wildman–Crippen LogP) is 0.761. The number of Topliss-reactive ketones (excluding diaryl/α,β-unsaturated/α-hetero) is 1. The molecule has 1 aromatic heterocycles. The first-order chi connectivity index (χ1) is 7.59. The zero-order chi connectivity index (χ0) is 11.7. The number of aromatic amines is 2. The molecule has 0 amide bonds. The third-order valence-electron chi connectivity index (χ3n) is 2.96. The average molecular weight is 223 g/mol. The van der Waals surface area contributed by atoms with Gasteiger partial charge in [-0.1, -0.05) is 13.8 Å². The fourth-order valence-corrected chi connectivity index (χ4v) is 2.11.